The highest BCUT2D eigenvalue weighted by atomic mass is 32.2. The zero-order chi connectivity index (χ0) is 27.0. The maximum Gasteiger partial charge on any atom is 0.240 e. The van der Waals surface area contributed by atoms with Crippen LogP contribution in [0.5, 0.6) is 11.5 Å². The Morgan fingerprint density at radius 1 is 1.03 bits per heavy atom. The van der Waals surface area contributed by atoms with Crippen molar-refractivity contribution in [1.29, 1.82) is 0 Å². The number of hydrogen-bond acceptors (Lipinski definition) is 6. The van der Waals surface area contributed by atoms with Crippen LogP contribution in [-0.4, -0.2) is 32.5 Å². The maximum absolute atomic E-state index is 13.4. The van der Waals surface area contributed by atoms with Gasteiger partial charge in [0.15, 0.2) is 11.5 Å². The van der Waals surface area contributed by atoms with E-state index in [1.54, 1.807) is 24.3 Å². The van der Waals surface area contributed by atoms with Gasteiger partial charge in [-0.1, -0.05) is 50.5 Å². The molecule has 2 saturated carbocycles. The predicted octanol–water partition coefficient (Wildman–Crippen LogP) is 5.43. The third-order valence-electron chi connectivity index (χ3n) is 8.66. The third-order valence-corrected chi connectivity index (χ3v) is 10.1. The number of aromatic nitrogens is 1. The molecule has 2 aromatic carbocycles. The first-order chi connectivity index (χ1) is 18.8. The molecule has 2 heterocycles. The molecule has 3 aromatic rings. The van der Waals surface area contributed by atoms with E-state index in [4.69, 9.17) is 14.5 Å². The molecule has 0 bridgehead atoms. The lowest BCUT2D eigenvalue weighted by molar-refractivity contribution is -0.120. The van der Waals surface area contributed by atoms with E-state index >= 15 is 0 Å². The number of rotatable bonds is 10. The fraction of sp³-hybridized carbons (Fsp3) is 0.419. The van der Waals surface area contributed by atoms with Crippen molar-refractivity contribution in [3.63, 3.8) is 0 Å². The van der Waals surface area contributed by atoms with Crippen LogP contribution in [0.2, 0.25) is 0 Å². The zero-order valence-corrected chi connectivity index (χ0v) is 23.0. The average molecular weight is 547 g/mol. The van der Waals surface area contributed by atoms with Gasteiger partial charge in [0.1, 0.15) is 5.78 Å². The predicted molar refractivity (Wildman–Crippen MR) is 148 cm³/mol. The molecule has 204 valence electrons. The summed E-state index contributed by atoms with van der Waals surface area (Å²) < 4.78 is 39.3. The number of carbonyl (C=O) groups excluding carboxylic acids is 1. The minimum atomic E-state index is -3.56. The van der Waals surface area contributed by atoms with E-state index in [2.05, 4.69) is 11.6 Å². The number of nitrogens with zero attached hydrogens (tertiary/aromatic N) is 1. The van der Waals surface area contributed by atoms with Gasteiger partial charge in [0.25, 0.3) is 0 Å². The molecule has 0 radical (unpaired) electrons. The second-order valence-corrected chi connectivity index (χ2v) is 12.9. The van der Waals surface area contributed by atoms with Crippen molar-refractivity contribution in [3.8, 4) is 22.8 Å². The van der Waals surface area contributed by atoms with E-state index in [-0.39, 0.29) is 23.9 Å². The number of carbonyl (C=O) groups is 1. The molecule has 2 unspecified atom stereocenters. The molecule has 0 saturated heterocycles. The van der Waals surface area contributed by atoms with Crippen LogP contribution in [0, 0.1) is 11.8 Å². The Balaban J connectivity index is 1.11. The molecule has 7 nitrogen and oxygen atoms in total. The molecular weight excluding hydrogens is 512 g/mol. The van der Waals surface area contributed by atoms with Crippen molar-refractivity contribution in [1.82, 2.24) is 9.71 Å². The van der Waals surface area contributed by atoms with Gasteiger partial charge in [-0.05, 0) is 73.1 Å². The first-order valence-corrected chi connectivity index (χ1v) is 15.3. The molecule has 6 rings (SSSR count). The first-order valence-electron chi connectivity index (χ1n) is 13.8. The molecule has 2 aliphatic carbocycles. The number of fused-ring (bicyclic) bond motifs is 1. The van der Waals surface area contributed by atoms with Crippen LogP contribution < -0.4 is 14.2 Å². The minimum absolute atomic E-state index is 0.144. The number of benzene rings is 2. The summed E-state index contributed by atoms with van der Waals surface area (Å²) in [5.41, 5.74) is 2.69. The number of nitrogens with one attached hydrogen (secondary N) is 1. The van der Waals surface area contributed by atoms with Gasteiger partial charge in [0.2, 0.25) is 16.8 Å². The molecule has 1 aliphatic heterocycles. The largest absolute Gasteiger partial charge is 0.454 e. The average Bonchev–Trinajstić information content (AvgIpc) is 3.45. The lowest BCUT2D eigenvalue weighted by atomic mass is 9.88. The van der Waals surface area contributed by atoms with Gasteiger partial charge in [-0.15, -0.1) is 0 Å². The number of hydrogen-bond donors (Lipinski definition) is 1. The highest BCUT2D eigenvalue weighted by molar-refractivity contribution is 7.89. The van der Waals surface area contributed by atoms with Gasteiger partial charge < -0.3 is 9.47 Å². The molecule has 0 amide bonds. The maximum atomic E-state index is 13.4. The van der Waals surface area contributed by atoms with Crippen LogP contribution in [0.25, 0.3) is 11.3 Å². The van der Waals surface area contributed by atoms with E-state index in [1.165, 1.54) is 19.3 Å². The van der Waals surface area contributed by atoms with Crippen molar-refractivity contribution in [2.24, 2.45) is 11.8 Å². The van der Waals surface area contributed by atoms with E-state index in [1.807, 2.05) is 36.4 Å². The molecule has 8 heteroatoms. The molecule has 0 spiro atoms. The molecule has 39 heavy (non-hydrogen) atoms. The van der Waals surface area contributed by atoms with Gasteiger partial charge >= 0.3 is 0 Å². The highest BCUT2D eigenvalue weighted by Crippen LogP contribution is 2.51. The first kappa shape index (κ1) is 26.0. The molecule has 1 N–H and O–H groups in total. The summed E-state index contributed by atoms with van der Waals surface area (Å²) in [6.07, 6.45) is 6.41. The summed E-state index contributed by atoms with van der Waals surface area (Å²) in [6.45, 7) is 2.93. The summed E-state index contributed by atoms with van der Waals surface area (Å²) in [4.78, 5) is 18.4. The SMILES string of the molecule is CC1CCCC1CCNS(=O)(=O)c1ccc(-c2cccc(CC(=O)C3(c4ccc5c(c4)OCO5)CC3)n2)cc1. The Labute approximate surface area is 230 Å². The smallest absolute Gasteiger partial charge is 0.240 e. The van der Waals surface area contributed by atoms with Crippen molar-refractivity contribution >= 4 is 15.8 Å². The van der Waals surface area contributed by atoms with E-state index in [9.17, 15) is 13.2 Å². The second-order valence-electron chi connectivity index (χ2n) is 11.1. The molecular formula is C31H34N2O5S. The van der Waals surface area contributed by atoms with Gasteiger partial charge in [-0.3, -0.25) is 9.78 Å². The van der Waals surface area contributed by atoms with Crippen LogP contribution in [-0.2, 0) is 26.7 Å². The topological polar surface area (TPSA) is 94.6 Å². The van der Waals surface area contributed by atoms with Crippen molar-refractivity contribution < 1.29 is 22.7 Å². The quantitative estimate of drug-likeness (QED) is 0.365. The Hall–Kier alpha value is -3.23. The fourth-order valence-corrected chi connectivity index (χ4v) is 7.09. The summed E-state index contributed by atoms with van der Waals surface area (Å²) in [6, 6.07) is 18.2. The van der Waals surface area contributed by atoms with E-state index in [0.29, 0.717) is 41.3 Å². The Morgan fingerprint density at radius 3 is 2.56 bits per heavy atom. The number of ketones is 1. The molecule has 3 aliphatic rings. The summed E-state index contributed by atoms with van der Waals surface area (Å²) in [5.74, 6) is 2.82. The van der Waals surface area contributed by atoms with Crippen LogP contribution in [0.3, 0.4) is 0 Å². The molecule has 2 fully saturated rings. The zero-order valence-electron chi connectivity index (χ0n) is 22.2. The van der Waals surface area contributed by atoms with Gasteiger partial charge in [-0.2, -0.15) is 0 Å². The minimum Gasteiger partial charge on any atom is -0.454 e. The van der Waals surface area contributed by atoms with Crippen LogP contribution in [0.15, 0.2) is 65.6 Å². The number of ether oxygens (including phenoxy) is 2. The summed E-state index contributed by atoms with van der Waals surface area (Å²) in [5, 5.41) is 0. The number of Topliss-reactive ketones (excluding diaryl/α,β-unsaturated/α-hetero) is 1. The second kappa shape index (κ2) is 10.4. The van der Waals surface area contributed by atoms with Crippen LogP contribution in [0.1, 0.15) is 56.7 Å². The van der Waals surface area contributed by atoms with E-state index < -0.39 is 15.4 Å². The third kappa shape index (κ3) is 5.32. The van der Waals surface area contributed by atoms with Crippen LogP contribution in [0.4, 0.5) is 0 Å². The lowest BCUT2D eigenvalue weighted by Crippen LogP contribution is -2.26. The van der Waals surface area contributed by atoms with Crippen LogP contribution >= 0.6 is 0 Å². The van der Waals surface area contributed by atoms with Crippen molar-refractivity contribution in [2.75, 3.05) is 13.3 Å². The molecule has 2 atom stereocenters. The summed E-state index contributed by atoms with van der Waals surface area (Å²) >= 11 is 0. The van der Waals surface area contributed by atoms with Gasteiger partial charge in [0.05, 0.1) is 16.0 Å². The van der Waals surface area contributed by atoms with Gasteiger partial charge in [-0.25, -0.2) is 13.1 Å². The van der Waals surface area contributed by atoms with Crippen molar-refractivity contribution in [2.45, 2.75) is 62.2 Å². The fourth-order valence-electron chi connectivity index (χ4n) is 6.04. The highest BCUT2D eigenvalue weighted by Gasteiger charge is 2.51. The molecule has 1 aromatic heterocycles. The van der Waals surface area contributed by atoms with E-state index in [0.717, 1.165) is 30.4 Å². The lowest BCUT2D eigenvalue weighted by Gasteiger charge is -2.15. The Kier molecular flexibility index (Phi) is 6.93. The van der Waals surface area contributed by atoms with Crippen molar-refractivity contribution in [3.05, 3.63) is 71.9 Å². The van der Waals surface area contributed by atoms with Gasteiger partial charge in [0, 0.05) is 24.2 Å². The number of pyridine rings is 1. The Morgan fingerprint density at radius 2 is 1.82 bits per heavy atom. The monoisotopic (exact) mass is 546 g/mol. The normalized spacial score (nSPS) is 21.2. The summed E-state index contributed by atoms with van der Waals surface area (Å²) in [7, 11) is -3.56. The standard InChI is InChI=1S/C31H34N2O5S/c1-21-4-2-5-22(21)14-17-32-39(35,36)26-11-8-23(9-12-26)27-7-3-6-25(33-27)19-30(34)31(15-16-31)24-10-13-28-29(18-24)38-20-37-28/h3,6-13,18,21-22,32H,2,4-5,14-17,19-20H2,1H3. The number of sulfonamides is 1. The Bertz CT molecular complexity index is 1480.